The summed E-state index contributed by atoms with van der Waals surface area (Å²) in [5.41, 5.74) is 1.98. The molecule has 2 atom stereocenters. The maximum absolute atomic E-state index is 12.9. The minimum absolute atomic E-state index is 0.0978. The molecular weight excluding hydrogens is 307 g/mol. The Balaban J connectivity index is 1.54. The van der Waals surface area contributed by atoms with E-state index in [0.29, 0.717) is 23.7 Å². The zero-order valence-electron chi connectivity index (χ0n) is 13.4. The molecule has 0 saturated heterocycles. The molecule has 0 aliphatic heterocycles. The number of rotatable bonds is 5. The molecule has 2 aromatic rings. The molecule has 0 radical (unpaired) electrons. The van der Waals surface area contributed by atoms with E-state index in [1.807, 2.05) is 12.1 Å². The van der Waals surface area contributed by atoms with Gasteiger partial charge in [-0.25, -0.2) is 4.39 Å². The third-order valence-corrected chi connectivity index (χ3v) is 4.23. The van der Waals surface area contributed by atoms with Gasteiger partial charge in [0.2, 0.25) is 5.91 Å². The van der Waals surface area contributed by atoms with Gasteiger partial charge in [0.25, 0.3) is 5.91 Å². The van der Waals surface area contributed by atoms with Gasteiger partial charge in [0.05, 0.1) is 0 Å². The maximum Gasteiger partial charge on any atom is 0.255 e. The van der Waals surface area contributed by atoms with Crippen molar-refractivity contribution in [2.75, 3.05) is 5.32 Å². The van der Waals surface area contributed by atoms with E-state index in [9.17, 15) is 14.0 Å². The lowest BCUT2D eigenvalue weighted by Crippen LogP contribution is -2.24. The number of hydrogen-bond acceptors (Lipinski definition) is 2. The molecule has 1 saturated carbocycles. The van der Waals surface area contributed by atoms with Crippen molar-refractivity contribution in [1.82, 2.24) is 5.32 Å². The second-order valence-electron chi connectivity index (χ2n) is 6.20. The molecule has 2 N–H and O–H groups in total. The first-order chi connectivity index (χ1) is 11.5. The third-order valence-electron chi connectivity index (χ3n) is 4.23. The number of halogens is 1. The maximum atomic E-state index is 12.9. The van der Waals surface area contributed by atoms with Crippen molar-refractivity contribution in [1.29, 1.82) is 0 Å². The summed E-state index contributed by atoms with van der Waals surface area (Å²) in [6.07, 6.45) is 0.967. The summed E-state index contributed by atoms with van der Waals surface area (Å²) in [4.78, 5) is 23.9. The lowest BCUT2D eigenvalue weighted by Gasteiger charge is -2.07. The average molecular weight is 326 g/mol. The van der Waals surface area contributed by atoms with Gasteiger partial charge in [-0.2, -0.15) is 0 Å². The fourth-order valence-corrected chi connectivity index (χ4v) is 2.52. The Hall–Kier alpha value is -2.69. The van der Waals surface area contributed by atoms with Crippen molar-refractivity contribution in [2.24, 2.45) is 11.8 Å². The monoisotopic (exact) mass is 326 g/mol. The Labute approximate surface area is 140 Å². The summed E-state index contributed by atoms with van der Waals surface area (Å²) in [6.45, 7) is 2.53. The first-order valence-corrected chi connectivity index (χ1v) is 7.96. The number of carbonyl (C=O) groups excluding carboxylic acids is 2. The summed E-state index contributed by atoms with van der Waals surface area (Å²) in [5, 5.41) is 5.62. The highest BCUT2D eigenvalue weighted by Gasteiger charge is 2.38. The summed E-state index contributed by atoms with van der Waals surface area (Å²) in [7, 11) is 0. The van der Waals surface area contributed by atoms with Gasteiger partial charge in [-0.1, -0.05) is 19.1 Å². The lowest BCUT2D eigenvalue weighted by molar-refractivity contribution is -0.122. The van der Waals surface area contributed by atoms with Gasteiger partial charge < -0.3 is 10.6 Å². The van der Waals surface area contributed by atoms with Crippen molar-refractivity contribution >= 4 is 17.5 Å². The van der Waals surface area contributed by atoms with Crippen LogP contribution in [0.15, 0.2) is 48.5 Å². The molecule has 0 aromatic heterocycles. The van der Waals surface area contributed by atoms with Crippen molar-refractivity contribution in [2.45, 2.75) is 19.9 Å². The number of hydrogen-bond donors (Lipinski definition) is 2. The zero-order chi connectivity index (χ0) is 17.1. The fourth-order valence-electron chi connectivity index (χ4n) is 2.52. The second-order valence-corrected chi connectivity index (χ2v) is 6.20. The van der Waals surface area contributed by atoms with Crippen LogP contribution in [-0.2, 0) is 11.3 Å². The highest BCUT2D eigenvalue weighted by atomic mass is 19.1. The number of benzene rings is 2. The minimum Gasteiger partial charge on any atom is -0.352 e. The molecule has 24 heavy (non-hydrogen) atoms. The number of amides is 2. The molecule has 3 rings (SSSR count). The van der Waals surface area contributed by atoms with E-state index in [-0.39, 0.29) is 23.5 Å². The largest absolute Gasteiger partial charge is 0.352 e. The molecule has 5 heteroatoms. The van der Waals surface area contributed by atoms with Crippen LogP contribution in [0.2, 0.25) is 0 Å². The third kappa shape index (κ3) is 3.98. The Morgan fingerprint density at radius 2 is 1.71 bits per heavy atom. The Kier molecular flexibility index (Phi) is 4.60. The molecule has 0 heterocycles. The van der Waals surface area contributed by atoms with Gasteiger partial charge in [0.1, 0.15) is 5.82 Å². The van der Waals surface area contributed by atoms with E-state index >= 15 is 0 Å². The summed E-state index contributed by atoms with van der Waals surface area (Å²) in [6, 6.07) is 12.7. The Morgan fingerprint density at radius 3 is 2.29 bits per heavy atom. The van der Waals surface area contributed by atoms with Gasteiger partial charge >= 0.3 is 0 Å². The van der Waals surface area contributed by atoms with Gasteiger partial charge in [0.15, 0.2) is 0 Å². The molecular formula is C19H19FN2O2. The molecule has 1 aliphatic rings. The van der Waals surface area contributed by atoms with Gasteiger partial charge in [-0.15, -0.1) is 0 Å². The first kappa shape index (κ1) is 16.2. The van der Waals surface area contributed by atoms with E-state index in [1.165, 1.54) is 24.3 Å². The highest BCUT2D eigenvalue weighted by molar-refractivity contribution is 6.04. The molecule has 0 spiro atoms. The van der Waals surface area contributed by atoms with Crippen LogP contribution in [0.3, 0.4) is 0 Å². The smallest absolute Gasteiger partial charge is 0.255 e. The number of anilines is 1. The van der Waals surface area contributed by atoms with Crippen LogP contribution in [0.1, 0.15) is 29.3 Å². The average Bonchev–Trinajstić information content (AvgIpc) is 3.32. The van der Waals surface area contributed by atoms with Crippen molar-refractivity contribution in [3.63, 3.8) is 0 Å². The van der Waals surface area contributed by atoms with Crippen molar-refractivity contribution < 1.29 is 14.0 Å². The normalized spacial score (nSPS) is 18.8. The molecule has 2 aromatic carbocycles. The molecule has 0 bridgehead atoms. The number of carbonyl (C=O) groups is 2. The quantitative estimate of drug-likeness (QED) is 0.885. The van der Waals surface area contributed by atoms with Crippen molar-refractivity contribution in [3.05, 3.63) is 65.5 Å². The number of nitrogens with one attached hydrogen (secondary N) is 2. The topological polar surface area (TPSA) is 58.2 Å². The van der Waals surface area contributed by atoms with Crippen LogP contribution in [0.25, 0.3) is 0 Å². The predicted octanol–water partition coefficient (Wildman–Crippen LogP) is 3.35. The molecule has 1 fully saturated rings. The predicted molar refractivity (Wildman–Crippen MR) is 89.9 cm³/mol. The van der Waals surface area contributed by atoms with Crippen LogP contribution in [-0.4, -0.2) is 11.8 Å². The molecule has 2 amide bonds. The molecule has 4 nitrogen and oxygen atoms in total. The lowest BCUT2D eigenvalue weighted by atomic mass is 10.1. The zero-order valence-corrected chi connectivity index (χ0v) is 13.4. The second kappa shape index (κ2) is 6.83. The van der Waals surface area contributed by atoms with E-state index < -0.39 is 0 Å². The van der Waals surface area contributed by atoms with Crippen LogP contribution in [0, 0.1) is 17.7 Å². The first-order valence-electron chi connectivity index (χ1n) is 7.96. The molecule has 124 valence electrons. The highest BCUT2D eigenvalue weighted by Crippen LogP contribution is 2.37. The van der Waals surface area contributed by atoms with E-state index in [2.05, 4.69) is 17.6 Å². The Morgan fingerprint density at radius 1 is 1.08 bits per heavy atom. The van der Waals surface area contributed by atoms with E-state index in [1.54, 1.807) is 12.1 Å². The van der Waals surface area contributed by atoms with E-state index in [4.69, 9.17) is 0 Å². The van der Waals surface area contributed by atoms with Crippen LogP contribution < -0.4 is 10.6 Å². The van der Waals surface area contributed by atoms with Gasteiger partial charge in [0, 0.05) is 23.7 Å². The van der Waals surface area contributed by atoms with Gasteiger partial charge in [-0.05, 0) is 54.3 Å². The molecule has 1 aliphatic carbocycles. The van der Waals surface area contributed by atoms with Crippen molar-refractivity contribution in [3.8, 4) is 0 Å². The van der Waals surface area contributed by atoms with Crippen LogP contribution in [0.5, 0.6) is 0 Å². The van der Waals surface area contributed by atoms with Gasteiger partial charge in [-0.3, -0.25) is 9.59 Å². The SMILES string of the molecule is C[C@@H]1C[C@H]1C(=O)NCc1ccc(C(=O)Nc2ccc(F)cc2)cc1. The Bertz CT molecular complexity index is 741. The fraction of sp³-hybridized carbons (Fsp3) is 0.263. The van der Waals surface area contributed by atoms with E-state index in [0.717, 1.165) is 12.0 Å². The van der Waals surface area contributed by atoms with Crippen LogP contribution in [0.4, 0.5) is 10.1 Å². The summed E-state index contributed by atoms with van der Waals surface area (Å²) >= 11 is 0. The summed E-state index contributed by atoms with van der Waals surface area (Å²) in [5.74, 6) is 0.137. The van der Waals surface area contributed by atoms with Crippen LogP contribution >= 0.6 is 0 Å². The molecule has 0 unspecified atom stereocenters. The summed E-state index contributed by atoms with van der Waals surface area (Å²) < 4.78 is 12.9. The minimum atomic E-state index is -0.347. The standard InChI is InChI=1S/C19H19FN2O2/c1-12-10-17(12)19(24)21-11-13-2-4-14(5-3-13)18(23)22-16-8-6-15(20)7-9-16/h2-9,12,17H,10-11H2,1H3,(H,21,24)(H,22,23)/t12-,17-/m1/s1.